The number of morpholine rings is 1. The fourth-order valence-electron chi connectivity index (χ4n) is 1.40. The van der Waals surface area contributed by atoms with Crippen LogP contribution in [0.15, 0.2) is 0 Å². The molecule has 8 heteroatoms. The molecule has 0 spiro atoms. The predicted molar refractivity (Wildman–Crippen MR) is 57.2 cm³/mol. The highest BCUT2D eigenvalue weighted by Crippen LogP contribution is 1.94. The number of nitrogens with one attached hydrogen (secondary N) is 2. The van der Waals surface area contributed by atoms with E-state index in [1.165, 1.54) is 0 Å². The van der Waals surface area contributed by atoms with Gasteiger partial charge in [-0.15, -0.1) is 0 Å². The van der Waals surface area contributed by atoms with Gasteiger partial charge in [-0.1, -0.05) is 0 Å². The van der Waals surface area contributed by atoms with E-state index in [9.17, 15) is 9.59 Å². The molecule has 0 bridgehead atoms. The van der Waals surface area contributed by atoms with Gasteiger partial charge in [-0.05, 0) is 0 Å². The van der Waals surface area contributed by atoms with Crippen LogP contribution in [0.1, 0.15) is 6.42 Å². The highest BCUT2D eigenvalue weighted by molar-refractivity contribution is 5.82. The van der Waals surface area contributed by atoms with Crippen molar-refractivity contribution in [2.45, 2.75) is 12.5 Å². The van der Waals surface area contributed by atoms with Gasteiger partial charge in [-0.3, -0.25) is 5.43 Å². The molecular weight excluding hydrogens is 230 g/mol. The quantitative estimate of drug-likeness (QED) is 0.464. The number of ether oxygens (including phenoxy) is 1. The molecule has 1 aliphatic rings. The minimum Gasteiger partial charge on any atom is -0.480 e. The first-order valence-corrected chi connectivity index (χ1v) is 5.37. The second-order valence-electron chi connectivity index (χ2n) is 3.59. The molecule has 0 saturated carbocycles. The minimum atomic E-state index is -1.17. The third kappa shape index (κ3) is 4.98. The molecular formula is C9H17N3O5. The zero-order chi connectivity index (χ0) is 12.7. The molecule has 0 unspecified atom stereocenters. The molecule has 1 saturated heterocycles. The number of aliphatic hydroxyl groups is 1. The lowest BCUT2D eigenvalue weighted by atomic mass is 10.2. The van der Waals surface area contributed by atoms with Crippen molar-refractivity contribution in [2.24, 2.45) is 0 Å². The average Bonchev–Trinajstić information content (AvgIpc) is 2.29. The molecule has 17 heavy (non-hydrogen) atoms. The first kappa shape index (κ1) is 13.7. The molecule has 1 fully saturated rings. The number of hydrogen-bond donors (Lipinski definition) is 4. The van der Waals surface area contributed by atoms with E-state index in [-0.39, 0.29) is 13.0 Å². The Balaban J connectivity index is 2.33. The summed E-state index contributed by atoms with van der Waals surface area (Å²) in [6.45, 7) is 1.88. The van der Waals surface area contributed by atoms with Crippen molar-refractivity contribution in [2.75, 3.05) is 32.9 Å². The summed E-state index contributed by atoms with van der Waals surface area (Å²) in [6.07, 6.45) is -0.0220. The van der Waals surface area contributed by atoms with E-state index in [1.54, 1.807) is 5.01 Å². The molecule has 0 radical (unpaired) electrons. The maximum atomic E-state index is 11.5. The van der Waals surface area contributed by atoms with Gasteiger partial charge in [0, 0.05) is 26.1 Å². The third-order valence-corrected chi connectivity index (χ3v) is 2.29. The zero-order valence-corrected chi connectivity index (χ0v) is 9.39. The predicted octanol–water partition coefficient (Wildman–Crippen LogP) is -1.63. The number of carboxylic acids is 1. The largest absolute Gasteiger partial charge is 0.480 e. The SMILES string of the molecule is O=C(N[C@H](CCO)C(=O)O)NN1CCOCC1. The van der Waals surface area contributed by atoms with Gasteiger partial charge in [0.2, 0.25) is 0 Å². The van der Waals surface area contributed by atoms with E-state index in [4.69, 9.17) is 14.9 Å². The van der Waals surface area contributed by atoms with Gasteiger partial charge in [0.05, 0.1) is 13.2 Å². The molecule has 0 aromatic carbocycles. The fourth-order valence-corrected chi connectivity index (χ4v) is 1.40. The van der Waals surface area contributed by atoms with Crippen LogP contribution in [0.4, 0.5) is 4.79 Å². The van der Waals surface area contributed by atoms with Gasteiger partial charge in [-0.2, -0.15) is 0 Å². The summed E-state index contributed by atoms with van der Waals surface area (Å²) < 4.78 is 5.10. The third-order valence-electron chi connectivity index (χ3n) is 2.29. The molecule has 98 valence electrons. The highest BCUT2D eigenvalue weighted by atomic mass is 16.5. The Kier molecular flexibility index (Phi) is 5.67. The summed E-state index contributed by atoms with van der Waals surface area (Å²) in [5.74, 6) is -1.17. The van der Waals surface area contributed by atoms with Crippen molar-refractivity contribution in [3.63, 3.8) is 0 Å². The lowest BCUT2D eigenvalue weighted by molar-refractivity contribution is -0.139. The monoisotopic (exact) mass is 247 g/mol. The van der Waals surface area contributed by atoms with Crippen LogP contribution in [0, 0.1) is 0 Å². The summed E-state index contributed by atoms with van der Waals surface area (Å²) in [4.78, 5) is 22.2. The Bertz CT molecular complexity index is 267. The van der Waals surface area contributed by atoms with Crippen molar-refractivity contribution in [3.05, 3.63) is 0 Å². The van der Waals surface area contributed by atoms with Crippen LogP contribution in [0.5, 0.6) is 0 Å². The van der Waals surface area contributed by atoms with E-state index in [0.29, 0.717) is 26.3 Å². The van der Waals surface area contributed by atoms with Crippen LogP contribution >= 0.6 is 0 Å². The van der Waals surface area contributed by atoms with Crippen LogP contribution in [-0.2, 0) is 9.53 Å². The van der Waals surface area contributed by atoms with E-state index >= 15 is 0 Å². The van der Waals surface area contributed by atoms with Gasteiger partial charge in [0.1, 0.15) is 6.04 Å². The Labute approximate surface area is 98.5 Å². The number of urea groups is 1. The number of hydrazine groups is 1. The topological polar surface area (TPSA) is 111 Å². The first-order chi connectivity index (χ1) is 8.13. The van der Waals surface area contributed by atoms with Crippen molar-refractivity contribution < 1.29 is 24.5 Å². The summed E-state index contributed by atoms with van der Waals surface area (Å²) in [7, 11) is 0. The molecule has 2 amide bonds. The maximum Gasteiger partial charge on any atom is 0.330 e. The molecule has 0 aliphatic carbocycles. The Morgan fingerprint density at radius 1 is 1.35 bits per heavy atom. The molecule has 1 rings (SSSR count). The van der Waals surface area contributed by atoms with Crippen LogP contribution in [-0.4, -0.2) is 66.2 Å². The number of aliphatic hydroxyl groups excluding tert-OH is 1. The average molecular weight is 247 g/mol. The molecule has 1 atom stereocenters. The number of aliphatic carboxylic acids is 1. The van der Waals surface area contributed by atoms with E-state index < -0.39 is 18.0 Å². The smallest absolute Gasteiger partial charge is 0.330 e. The molecule has 4 N–H and O–H groups in total. The minimum absolute atomic E-state index is 0.0220. The maximum absolute atomic E-state index is 11.5. The Hall–Kier alpha value is -1.38. The van der Waals surface area contributed by atoms with Crippen LogP contribution < -0.4 is 10.7 Å². The number of hydrogen-bond acceptors (Lipinski definition) is 5. The summed E-state index contributed by atoms with van der Waals surface area (Å²) in [5, 5.41) is 21.4. The second-order valence-corrected chi connectivity index (χ2v) is 3.59. The summed E-state index contributed by atoms with van der Waals surface area (Å²) >= 11 is 0. The van der Waals surface area contributed by atoms with Crippen molar-refractivity contribution in [1.29, 1.82) is 0 Å². The van der Waals surface area contributed by atoms with Gasteiger partial charge in [-0.25, -0.2) is 14.6 Å². The number of carbonyl (C=O) groups is 2. The Morgan fingerprint density at radius 2 is 2.00 bits per heavy atom. The lowest BCUT2D eigenvalue weighted by Crippen LogP contribution is -2.54. The number of amides is 2. The molecule has 1 heterocycles. The van der Waals surface area contributed by atoms with E-state index in [0.717, 1.165) is 0 Å². The molecule has 8 nitrogen and oxygen atoms in total. The van der Waals surface area contributed by atoms with Gasteiger partial charge in [0.15, 0.2) is 0 Å². The highest BCUT2D eigenvalue weighted by Gasteiger charge is 2.20. The number of carboxylic acid groups (broad SMARTS) is 1. The fraction of sp³-hybridized carbons (Fsp3) is 0.778. The summed E-state index contributed by atoms with van der Waals surface area (Å²) in [5.41, 5.74) is 2.52. The van der Waals surface area contributed by atoms with E-state index in [2.05, 4.69) is 10.7 Å². The standard InChI is InChI=1S/C9H17N3O5/c13-4-1-7(8(14)15)10-9(16)11-12-2-5-17-6-3-12/h7,13H,1-6H2,(H,14,15)(H2,10,11,16)/t7-/m1/s1. The van der Waals surface area contributed by atoms with E-state index in [1.807, 2.05) is 0 Å². The van der Waals surface area contributed by atoms with Gasteiger partial charge < -0.3 is 20.3 Å². The van der Waals surface area contributed by atoms with Crippen LogP contribution in [0.25, 0.3) is 0 Å². The number of rotatable bonds is 5. The Morgan fingerprint density at radius 3 is 2.53 bits per heavy atom. The second kappa shape index (κ2) is 7.05. The van der Waals surface area contributed by atoms with Gasteiger partial charge >= 0.3 is 12.0 Å². The zero-order valence-electron chi connectivity index (χ0n) is 9.39. The van der Waals surface area contributed by atoms with Crippen molar-refractivity contribution in [1.82, 2.24) is 15.8 Å². The molecule has 0 aromatic heterocycles. The lowest BCUT2D eigenvalue weighted by Gasteiger charge is -2.27. The molecule has 0 aromatic rings. The van der Waals surface area contributed by atoms with Crippen molar-refractivity contribution >= 4 is 12.0 Å². The summed E-state index contributed by atoms with van der Waals surface area (Å²) in [6, 6.07) is -1.67. The number of carbonyl (C=O) groups excluding carboxylic acids is 1. The first-order valence-electron chi connectivity index (χ1n) is 5.37. The number of nitrogens with zero attached hydrogens (tertiary/aromatic N) is 1. The van der Waals surface area contributed by atoms with Crippen LogP contribution in [0.3, 0.4) is 0 Å². The van der Waals surface area contributed by atoms with Crippen LogP contribution in [0.2, 0.25) is 0 Å². The normalized spacial score (nSPS) is 18.4. The van der Waals surface area contributed by atoms with Crippen molar-refractivity contribution in [3.8, 4) is 0 Å². The molecule has 1 aliphatic heterocycles. The van der Waals surface area contributed by atoms with Gasteiger partial charge in [0.25, 0.3) is 0 Å².